The van der Waals surface area contributed by atoms with Crippen molar-refractivity contribution in [3.63, 3.8) is 0 Å². The van der Waals surface area contributed by atoms with Crippen LogP contribution in [0.1, 0.15) is 58.8 Å². The fourth-order valence-corrected chi connectivity index (χ4v) is 2.46. The van der Waals surface area contributed by atoms with Crippen molar-refractivity contribution in [2.75, 3.05) is 0 Å². The molecular weight excluding hydrogens is 188 g/mol. The molecule has 1 fully saturated rings. The Bertz CT molecular complexity index is 162. The molecule has 0 spiro atoms. The minimum absolute atomic E-state index is 0.348. The molecule has 0 aromatic carbocycles. The SMILES string of the molecule is CC(C)CCC(O)C(O)C1CCCCC1. The van der Waals surface area contributed by atoms with Crippen molar-refractivity contribution in [3.05, 3.63) is 0 Å². The summed E-state index contributed by atoms with van der Waals surface area (Å²) in [6.45, 7) is 4.30. The third kappa shape index (κ3) is 4.52. The van der Waals surface area contributed by atoms with Crippen LogP contribution in [0.5, 0.6) is 0 Å². The average molecular weight is 214 g/mol. The molecule has 15 heavy (non-hydrogen) atoms. The van der Waals surface area contributed by atoms with Gasteiger partial charge in [-0.05, 0) is 37.5 Å². The minimum Gasteiger partial charge on any atom is -0.390 e. The van der Waals surface area contributed by atoms with Crippen molar-refractivity contribution < 1.29 is 10.2 Å². The Morgan fingerprint density at radius 1 is 1.00 bits per heavy atom. The van der Waals surface area contributed by atoms with E-state index in [0.29, 0.717) is 11.8 Å². The van der Waals surface area contributed by atoms with Crippen molar-refractivity contribution in [2.45, 2.75) is 71.0 Å². The van der Waals surface area contributed by atoms with Crippen LogP contribution >= 0.6 is 0 Å². The van der Waals surface area contributed by atoms with E-state index < -0.39 is 12.2 Å². The lowest BCUT2D eigenvalue weighted by Crippen LogP contribution is -2.34. The van der Waals surface area contributed by atoms with E-state index in [1.54, 1.807) is 0 Å². The van der Waals surface area contributed by atoms with Gasteiger partial charge in [-0.2, -0.15) is 0 Å². The van der Waals surface area contributed by atoms with Crippen molar-refractivity contribution in [1.29, 1.82) is 0 Å². The fourth-order valence-electron chi connectivity index (χ4n) is 2.46. The van der Waals surface area contributed by atoms with Gasteiger partial charge in [0.25, 0.3) is 0 Å². The van der Waals surface area contributed by atoms with Crippen LogP contribution in [-0.2, 0) is 0 Å². The number of rotatable bonds is 5. The van der Waals surface area contributed by atoms with Gasteiger partial charge in [0.2, 0.25) is 0 Å². The Morgan fingerprint density at radius 3 is 2.13 bits per heavy atom. The Hall–Kier alpha value is -0.0800. The van der Waals surface area contributed by atoms with E-state index in [2.05, 4.69) is 13.8 Å². The van der Waals surface area contributed by atoms with Gasteiger partial charge in [-0.1, -0.05) is 33.1 Å². The van der Waals surface area contributed by atoms with E-state index >= 15 is 0 Å². The van der Waals surface area contributed by atoms with E-state index in [-0.39, 0.29) is 0 Å². The van der Waals surface area contributed by atoms with E-state index in [1.807, 2.05) is 0 Å². The molecule has 2 nitrogen and oxygen atoms in total. The molecule has 0 radical (unpaired) electrons. The highest BCUT2D eigenvalue weighted by Crippen LogP contribution is 2.28. The van der Waals surface area contributed by atoms with Crippen molar-refractivity contribution in [2.24, 2.45) is 11.8 Å². The van der Waals surface area contributed by atoms with Crippen molar-refractivity contribution in [1.82, 2.24) is 0 Å². The molecular formula is C13H26O2. The van der Waals surface area contributed by atoms with Gasteiger partial charge in [0.1, 0.15) is 0 Å². The monoisotopic (exact) mass is 214 g/mol. The van der Waals surface area contributed by atoms with Gasteiger partial charge in [0, 0.05) is 0 Å². The lowest BCUT2D eigenvalue weighted by Gasteiger charge is -2.30. The summed E-state index contributed by atoms with van der Waals surface area (Å²) in [6, 6.07) is 0. The van der Waals surface area contributed by atoms with Gasteiger partial charge in [-0.25, -0.2) is 0 Å². The van der Waals surface area contributed by atoms with E-state index in [4.69, 9.17) is 0 Å². The van der Waals surface area contributed by atoms with Crippen LogP contribution in [0.2, 0.25) is 0 Å². The summed E-state index contributed by atoms with van der Waals surface area (Å²) in [7, 11) is 0. The van der Waals surface area contributed by atoms with Crippen LogP contribution in [0.25, 0.3) is 0 Å². The lowest BCUT2D eigenvalue weighted by molar-refractivity contribution is -0.0324. The zero-order valence-corrected chi connectivity index (χ0v) is 10.2. The second kappa shape index (κ2) is 6.49. The Balaban J connectivity index is 2.27. The largest absolute Gasteiger partial charge is 0.390 e. The molecule has 0 amide bonds. The summed E-state index contributed by atoms with van der Waals surface area (Å²) >= 11 is 0. The highest BCUT2D eigenvalue weighted by molar-refractivity contribution is 4.78. The topological polar surface area (TPSA) is 40.5 Å². The third-order valence-electron chi connectivity index (χ3n) is 3.57. The summed E-state index contributed by atoms with van der Waals surface area (Å²) in [5, 5.41) is 19.9. The van der Waals surface area contributed by atoms with Gasteiger partial charge in [0.05, 0.1) is 12.2 Å². The van der Waals surface area contributed by atoms with Crippen molar-refractivity contribution in [3.8, 4) is 0 Å². The van der Waals surface area contributed by atoms with E-state index in [9.17, 15) is 10.2 Å². The number of hydrogen-bond acceptors (Lipinski definition) is 2. The van der Waals surface area contributed by atoms with Crippen LogP contribution in [0.4, 0.5) is 0 Å². The molecule has 2 N–H and O–H groups in total. The molecule has 0 aliphatic heterocycles. The maximum Gasteiger partial charge on any atom is 0.0827 e. The summed E-state index contributed by atoms with van der Waals surface area (Å²) in [5.41, 5.74) is 0. The molecule has 1 aliphatic carbocycles. The second-order valence-corrected chi connectivity index (χ2v) is 5.43. The van der Waals surface area contributed by atoms with Crippen LogP contribution in [0.15, 0.2) is 0 Å². The molecule has 90 valence electrons. The van der Waals surface area contributed by atoms with Crippen LogP contribution in [0, 0.1) is 11.8 Å². The molecule has 2 heteroatoms. The predicted octanol–water partition coefficient (Wildman–Crippen LogP) is 2.72. The smallest absolute Gasteiger partial charge is 0.0827 e. The molecule has 0 aromatic heterocycles. The molecule has 0 bridgehead atoms. The standard InChI is InChI=1S/C13H26O2/c1-10(2)8-9-12(14)13(15)11-6-4-3-5-7-11/h10-15H,3-9H2,1-2H3. The first-order chi connectivity index (χ1) is 7.11. The molecule has 2 atom stereocenters. The normalized spacial score (nSPS) is 23.0. The first-order valence-corrected chi connectivity index (χ1v) is 6.47. The lowest BCUT2D eigenvalue weighted by atomic mass is 9.82. The van der Waals surface area contributed by atoms with Gasteiger partial charge in [-0.15, -0.1) is 0 Å². The maximum absolute atomic E-state index is 10.0. The van der Waals surface area contributed by atoms with Gasteiger partial charge in [-0.3, -0.25) is 0 Å². The first kappa shape index (κ1) is 13.0. The Morgan fingerprint density at radius 2 is 1.60 bits per heavy atom. The molecule has 2 unspecified atom stereocenters. The number of aliphatic hydroxyl groups is 2. The molecule has 0 aromatic rings. The predicted molar refractivity (Wildman–Crippen MR) is 62.7 cm³/mol. The zero-order valence-electron chi connectivity index (χ0n) is 10.2. The summed E-state index contributed by atoms with van der Waals surface area (Å²) in [4.78, 5) is 0. The number of aliphatic hydroxyl groups excluding tert-OH is 2. The molecule has 0 saturated heterocycles. The van der Waals surface area contributed by atoms with E-state index in [0.717, 1.165) is 25.7 Å². The highest BCUT2D eigenvalue weighted by Gasteiger charge is 2.27. The Labute approximate surface area is 93.7 Å². The quantitative estimate of drug-likeness (QED) is 0.738. The summed E-state index contributed by atoms with van der Waals surface area (Å²) in [5.74, 6) is 0.958. The average Bonchev–Trinajstić information content (AvgIpc) is 2.26. The summed E-state index contributed by atoms with van der Waals surface area (Å²) in [6.07, 6.45) is 6.70. The summed E-state index contributed by atoms with van der Waals surface area (Å²) < 4.78 is 0. The zero-order chi connectivity index (χ0) is 11.3. The van der Waals surface area contributed by atoms with E-state index in [1.165, 1.54) is 19.3 Å². The van der Waals surface area contributed by atoms with Crippen LogP contribution < -0.4 is 0 Å². The first-order valence-electron chi connectivity index (χ1n) is 6.47. The minimum atomic E-state index is -0.504. The molecule has 1 aliphatic rings. The number of hydrogen-bond donors (Lipinski definition) is 2. The van der Waals surface area contributed by atoms with Crippen LogP contribution in [-0.4, -0.2) is 22.4 Å². The Kier molecular flexibility index (Phi) is 5.62. The third-order valence-corrected chi connectivity index (χ3v) is 3.57. The van der Waals surface area contributed by atoms with Gasteiger partial charge >= 0.3 is 0 Å². The fraction of sp³-hybridized carbons (Fsp3) is 1.00. The van der Waals surface area contributed by atoms with Crippen molar-refractivity contribution >= 4 is 0 Å². The molecule has 1 saturated carbocycles. The second-order valence-electron chi connectivity index (χ2n) is 5.43. The molecule has 1 rings (SSSR count). The van der Waals surface area contributed by atoms with Crippen LogP contribution in [0.3, 0.4) is 0 Å². The van der Waals surface area contributed by atoms with Gasteiger partial charge < -0.3 is 10.2 Å². The highest BCUT2D eigenvalue weighted by atomic mass is 16.3. The maximum atomic E-state index is 10.0. The van der Waals surface area contributed by atoms with Gasteiger partial charge in [0.15, 0.2) is 0 Å². The molecule has 0 heterocycles.